The summed E-state index contributed by atoms with van der Waals surface area (Å²) >= 11 is 1.46. The van der Waals surface area contributed by atoms with Crippen LogP contribution in [0, 0.1) is 11.8 Å². The third-order valence-corrected chi connectivity index (χ3v) is 6.56. The van der Waals surface area contributed by atoms with Crippen molar-refractivity contribution in [3.63, 3.8) is 0 Å². The standard InChI is InChI=1S/C20H28N4OS/c1-14(15-9-11-21-12-10-15)13-17(25)22-19-24-23-18(26-19)20(2,3)16-7-5-4-6-8-16/h4-8,14-15,21H,9-13H2,1-3H3,(H,22,24,25). The number of nitrogens with zero attached hydrogens (tertiary/aromatic N) is 2. The number of rotatable bonds is 6. The number of hydrogen-bond donors (Lipinski definition) is 2. The van der Waals surface area contributed by atoms with E-state index in [1.165, 1.54) is 16.9 Å². The van der Waals surface area contributed by atoms with E-state index >= 15 is 0 Å². The molecule has 1 aliphatic rings. The Morgan fingerprint density at radius 2 is 1.96 bits per heavy atom. The van der Waals surface area contributed by atoms with Gasteiger partial charge in [0.2, 0.25) is 11.0 Å². The summed E-state index contributed by atoms with van der Waals surface area (Å²) in [7, 11) is 0. The lowest BCUT2D eigenvalue weighted by atomic mass is 9.84. The van der Waals surface area contributed by atoms with Crippen molar-refractivity contribution in [2.75, 3.05) is 18.4 Å². The van der Waals surface area contributed by atoms with Crippen molar-refractivity contribution in [2.24, 2.45) is 11.8 Å². The fourth-order valence-corrected chi connectivity index (χ4v) is 4.43. The second-order valence-electron chi connectivity index (χ2n) is 7.72. The molecule has 26 heavy (non-hydrogen) atoms. The highest BCUT2D eigenvalue weighted by atomic mass is 32.1. The Bertz CT molecular complexity index is 722. The van der Waals surface area contributed by atoms with Crippen molar-refractivity contribution in [1.29, 1.82) is 0 Å². The highest BCUT2D eigenvalue weighted by molar-refractivity contribution is 7.15. The van der Waals surface area contributed by atoms with Gasteiger partial charge < -0.3 is 10.6 Å². The van der Waals surface area contributed by atoms with E-state index in [1.54, 1.807) is 0 Å². The lowest BCUT2D eigenvalue weighted by molar-refractivity contribution is -0.117. The van der Waals surface area contributed by atoms with Crippen LogP contribution in [-0.2, 0) is 10.2 Å². The summed E-state index contributed by atoms with van der Waals surface area (Å²) in [6.07, 6.45) is 2.85. The Morgan fingerprint density at radius 1 is 1.27 bits per heavy atom. The molecule has 6 heteroatoms. The van der Waals surface area contributed by atoms with Crippen molar-refractivity contribution < 1.29 is 4.79 Å². The van der Waals surface area contributed by atoms with E-state index in [4.69, 9.17) is 0 Å². The number of amides is 1. The van der Waals surface area contributed by atoms with Crippen molar-refractivity contribution in [3.05, 3.63) is 40.9 Å². The average Bonchev–Trinajstić information content (AvgIpc) is 3.12. The first-order valence-corrected chi connectivity index (χ1v) is 10.2. The van der Waals surface area contributed by atoms with Gasteiger partial charge in [0.15, 0.2) is 0 Å². The molecule has 1 aliphatic heterocycles. The zero-order chi connectivity index (χ0) is 18.6. The zero-order valence-corrected chi connectivity index (χ0v) is 16.6. The number of carbonyl (C=O) groups is 1. The number of benzene rings is 1. The summed E-state index contributed by atoms with van der Waals surface area (Å²) in [5.41, 5.74) is 0.957. The molecule has 1 saturated heterocycles. The van der Waals surface area contributed by atoms with Gasteiger partial charge in [0, 0.05) is 11.8 Å². The molecule has 1 aromatic carbocycles. The van der Waals surface area contributed by atoms with Gasteiger partial charge in [-0.25, -0.2) is 0 Å². The monoisotopic (exact) mass is 372 g/mol. The molecule has 0 radical (unpaired) electrons. The van der Waals surface area contributed by atoms with Crippen LogP contribution in [0.3, 0.4) is 0 Å². The molecule has 2 aromatic rings. The van der Waals surface area contributed by atoms with Crippen LogP contribution in [0.25, 0.3) is 0 Å². The van der Waals surface area contributed by atoms with Crippen molar-refractivity contribution in [1.82, 2.24) is 15.5 Å². The zero-order valence-electron chi connectivity index (χ0n) is 15.8. The van der Waals surface area contributed by atoms with Gasteiger partial charge in [0.25, 0.3) is 0 Å². The Kier molecular flexibility index (Phi) is 6.04. The Labute approximate surface area is 159 Å². The minimum Gasteiger partial charge on any atom is -0.317 e. The number of hydrogen-bond acceptors (Lipinski definition) is 5. The third kappa shape index (κ3) is 4.48. The summed E-state index contributed by atoms with van der Waals surface area (Å²) in [5, 5.41) is 16.3. The van der Waals surface area contributed by atoms with Crippen LogP contribution in [0.4, 0.5) is 5.13 Å². The average molecular weight is 373 g/mol. The fraction of sp³-hybridized carbons (Fsp3) is 0.550. The Balaban J connectivity index is 1.60. The SMILES string of the molecule is CC(CC(=O)Nc1nnc(C(C)(C)c2ccccc2)s1)C1CCNCC1. The van der Waals surface area contributed by atoms with E-state index in [1.807, 2.05) is 18.2 Å². The predicted molar refractivity (Wildman–Crippen MR) is 106 cm³/mol. The largest absolute Gasteiger partial charge is 0.317 e. The maximum Gasteiger partial charge on any atom is 0.226 e. The number of piperidine rings is 1. The van der Waals surface area contributed by atoms with Crippen LogP contribution >= 0.6 is 11.3 Å². The van der Waals surface area contributed by atoms with Gasteiger partial charge in [-0.3, -0.25) is 4.79 Å². The van der Waals surface area contributed by atoms with Crippen LogP contribution in [0.2, 0.25) is 0 Å². The molecule has 2 heterocycles. The number of carbonyl (C=O) groups excluding carboxylic acids is 1. The summed E-state index contributed by atoms with van der Waals surface area (Å²) in [6, 6.07) is 10.3. The topological polar surface area (TPSA) is 66.9 Å². The third-order valence-electron chi connectivity index (χ3n) is 5.40. The van der Waals surface area contributed by atoms with Crippen LogP contribution in [0.5, 0.6) is 0 Å². The maximum absolute atomic E-state index is 12.4. The molecule has 1 unspecified atom stereocenters. The number of aromatic nitrogens is 2. The normalized spacial score (nSPS) is 17.0. The molecular formula is C20H28N4OS. The molecule has 140 valence electrons. The molecule has 5 nitrogen and oxygen atoms in total. The molecule has 1 amide bonds. The highest BCUT2D eigenvalue weighted by Gasteiger charge is 2.28. The highest BCUT2D eigenvalue weighted by Crippen LogP contribution is 2.34. The quantitative estimate of drug-likeness (QED) is 0.809. The minimum atomic E-state index is -0.232. The molecular weight excluding hydrogens is 344 g/mol. The van der Waals surface area contributed by atoms with Gasteiger partial charge in [0.1, 0.15) is 5.01 Å². The molecule has 1 aromatic heterocycles. The molecule has 1 atom stereocenters. The summed E-state index contributed by atoms with van der Waals surface area (Å²) in [5.74, 6) is 1.06. The predicted octanol–water partition coefficient (Wildman–Crippen LogP) is 3.83. The lowest BCUT2D eigenvalue weighted by Crippen LogP contribution is -2.32. The first-order valence-electron chi connectivity index (χ1n) is 9.37. The van der Waals surface area contributed by atoms with E-state index in [0.29, 0.717) is 23.4 Å². The van der Waals surface area contributed by atoms with E-state index in [9.17, 15) is 4.79 Å². The second kappa shape index (κ2) is 8.27. The molecule has 0 bridgehead atoms. The minimum absolute atomic E-state index is 0.0382. The van der Waals surface area contributed by atoms with Gasteiger partial charge in [-0.1, -0.05) is 48.6 Å². The lowest BCUT2D eigenvalue weighted by Gasteiger charge is -2.27. The molecule has 2 N–H and O–H groups in total. The van der Waals surface area contributed by atoms with Crippen LogP contribution in [0.15, 0.2) is 30.3 Å². The first-order chi connectivity index (χ1) is 12.5. The van der Waals surface area contributed by atoms with Crippen LogP contribution < -0.4 is 10.6 Å². The van der Waals surface area contributed by atoms with Crippen LogP contribution in [0.1, 0.15) is 50.6 Å². The second-order valence-corrected chi connectivity index (χ2v) is 8.70. The molecule has 0 saturated carbocycles. The number of anilines is 1. The molecule has 0 spiro atoms. The molecule has 1 fully saturated rings. The summed E-state index contributed by atoms with van der Waals surface area (Å²) in [6.45, 7) is 8.57. The van der Waals surface area contributed by atoms with Crippen molar-refractivity contribution in [2.45, 2.75) is 45.4 Å². The molecule has 0 aliphatic carbocycles. The van der Waals surface area contributed by atoms with Crippen LogP contribution in [-0.4, -0.2) is 29.2 Å². The van der Waals surface area contributed by atoms with E-state index in [2.05, 4.69) is 53.7 Å². The van der Waals surface area contributed by atoms with Gasteiger partial charge in [-0.15, -0.1) is 10.2 Å². The summed E-state index contributed by atoms with van der Waals surface area (Å²) in [4.78, 5) is 12.4. The van der Waals surface area contributed by atoms with Gasteiger partial charge in [0.05, 0.1) is 0 Å². The van der Waals surface area contributed by atoms with E-state index in [0.717, 1.165) is 30.9 Å². The maximum atomic E-state index is 12.4. The first kappa shape index (κ1) is 19.0. The van der Waals surface area contributed by atoms with E-state index in [-0.39, 0.29) is 11.3 Å². The van der Waals surface area contributed by atoms with Crippen molar-refractivity contribution in [3.8, 4) is 0 Å². The fourth-order valence-electron chi connectivity index (χ4n) is 3.55. The van der Waals surface area contributed by atoms with E-state index < -0.39 is 0 Å². The molecule has 3 rings (SSSR count). The Morgan fingerprint density at radius 3 is 2.65 bits per heavy atom. The van der Waals surface area contributed by atoms with Crippen molar-refractivity contribution >= 4 is 22.4 Å². The van der Waals surface area contributed by atoms with Gasteiger partial charge >= 0.3 is 0 Å². The number of nitrogens with one attached hydrogen (secondary N) is 2. The van der Waals surface area contributed by atoms with Gasteiger partial charge in [-0.2, -0.15) is 0 Å². The Hall–Kier alpha value is -1.79. The summed E-state index contributed by atoms with van der Waals surface area (Å²) < 4.78 is 0. The van der Waals surface area contributed by atoms with Gasteiger partial charge in [-0.05, 0) is 57.2 Å². The smallest absolute Gasteiger partial charge is 0.226 e.